The van der Waals surface area contributed by atoms with E-state index in [0.29, 0.717) is 11.8 Å². The Labute approximate surface area is 171 Å². The number of aromatic nitrogens is 2. The average Bonchev–Trinajstić information content (AvgIpc) is 3.36. The van der Waals surface area contributed by atoms with Gasteiger partial charge in [0.1, 0.15) is 5.60 Å². The van der Waals surface area contributed by atoms with Crippen LogP contribution in [0.1, 0.15) is 39.2 Å². The Hall–Kier alpha value is -2.41. The predicted octanol–water partition coefficient (Wildman–Crippen LogP) is 3.17. The highest BCUT2D eigenvalue weighted by Gasteiger charge is 2.57. The third-order valence-corrected chi connectivity index (χ3v) is 5.88. The van der Waals surface area contributed by atoms with Gasteiger partial charge in [0, 0.05) is 37.4 Å². The van der Waals surface area contributed by atoms with Gasteiger partial charge in [0.05, 0.1) is 18.1 Å². The lowest BCUT2D eigenvalue weighted by molar-refractivity contribution is 0.0467. The van der Waals surface area contributed by atoms with E-state index < -0.39 is 5.60 Å². The van der Waals surface area contributed by atoms with E-state index in [9.17, 15) is 4.79 Å². The number of rotatable bonds is 5. The third kappa shape index (κ3) is 4.45. The molecule has 0 radical (unpaired) electrons. The predicted molar refractivity (Wildman–Crippen MR) is 111 cm³/mol. The first-order valence-electron chi connectivity index (χ1n) is 10.3. The molecule has 1 saturated carbocycles. The minimum atomic E-state index is -0.462. The summed E-state index contributed by atoms with van der Waals surface area (Å²) in [7, 11) is 1.63. The molecular weight excluding hydrogens is 368 g/mol. The van der Waals surface area contributed by atoms with Crippen LogP contribution in [-0.4, -0.2) is 58.8 Å². The van der Waals surface area contributed by atoms with E-state index in [0.717, 1.165) is 49.9 Å². The molecule has 0 aromatic carbocycles. The van der Waals surface area contributed by atoms with Crippen LogP contribution < -0.4 is 10.1 Å². The number of methoxy groups -OCH3 is 1. The van der Waals surface area contributed by atoms with E-state index in [1.54, 1.807) is 7.11 Å². The van der Waals surface area contributed by atoms with Crippen molar-refractivity contribution >= 4 is 17.1 Å². The van der Waals surface area contributed by atoms with Gasteiger partial charge in [-0.3, -0.25) is 4.98 Å². The molecule has 7 heteroatoms. The highest BCUT2D eigenvalue weighted by atomic mass is 16.6. The van der Waals surface area contributed by atoms with Crippen LogP contribution in [0.5, 0.6) is 5.88 Å². The van der Waals surface area contributed by atoms with E-state index in [1.807, 2.05) is 45.2 Å². The monoisotopic (exact) mass is 398 g/mol. The van der Waals surface area contributed by atoms with Gasteiger partial charge in [0.25, 0.3) is 0 Å². The molecule has 1 N–H and O–H groups in total. The van der Waals surface area contributed by atoms with Crippen LogP contribution in [0.3, 0.4) is 0 Å². The molecular formula is C22H30N4O3. The molecule has 2 aromatic rings. The second-order valence-corrected chi connectivity index (χ2v) is 9.18. The fourth-order valence-corrected chi connectivity index (χ4v) is 4.27. The lowest BCUT2D eigenvalue weighted by Gasteiger charge is -2.32. The Kier molecular flexibility index (Phi) is 5.11. The number of hydrogen-bond donors (Lipinski definition) is 1. The maximum atomic E-state index is 12.2. The van der Waals surface area contributed by atoms with Gasteiger partial charge in [0.15, 0.2) is 0 Å². The Balaban J connectivity index is 1.33. The lowest BCUT2D eigenvalue weighted by atomic mass is 10.0. The summed E-state index contributed by atoms with van der Waals surface area (Å²) < 4.78 is 10.7. The molecule has 1 saturated heterocycles. The molecule has 2 unspecified atom stereocenters. The second kappa shape index (κ2) is 7.44. The van der Waals surface area contributed by atoms with Crippen molar-refractivity contribution in [3.05, 3.63) is 30.0 Å². The van der Waals surface area contributed by atoms with Crippen molar-refractivity contribution in [2.45, 2.75) is 51.2 Å². The van der Waals surface area contributed by atoms with Crippen molar-refractivity contribution in [2.24, 2.45) is 5.92 Å². The molecule has 2 aliphatic rings. The topological polar surface area (TPSA) is 76.6 Å². The molecule has 2 fully saturated rings. The third-order valence-electron chi connectivity index (χ3n) is 5.88. The van der Waals surface area contributed by atoms with Crippen molar-refractivity contribution < 1.29 is 14.3 Å². The van der Waals surface area contributed by atoms with Gasteiger partial charge in [-0.1, -0.05) is 0 Å². The van der Waals surface area contributed by atoms with E-state index in [-0.39, 0.29) is 11.6 Å². The summed E-state index contributed by atoms with van der Waals surface area (Å²) in [6.45, 7) is 8.64. The fraction of sp³-hybridized carbons (Fsp3) is 0.591. The SMILES string of the molecule is COc1ccc2nccc(CCN3CCC4(NC(=O)OC(C)(C)C)CC4C3)c2n1. The zero-order valence-electron chi connectivity index (χ0n) is 17.7. The van der Waals surface area contributed by atoms with Crippen molar-refractivity contribution in [3.63, 3.8) is 0 Å². The van der Waals surface area contributed by atoms with E-state index in [4.69, 9.17) is 9.47 Å². The molecule has 4 rings (SSSR count). The summed E-state index contributed by atoms with van der Waals surface area (Å²) in [4.78, 5) is 23.6. The number of piperidine rings is 1. The van der Waals surface area contributed by atoms with Gasteiger partial charge in [-0.05, 0) is 63.6 Å². The highest BCUT2D eigenvalue weighted by Crippen LogP contribution is 2.49. The molecule has 1 aliphatic carbocycles. The van der Waals surface area contributed by atoms with Crippen LogP contribution in [0.4, 0.5) is 4.79 Å². The molecule has 156 valence electrons. The van der Waals surface area contributed by atoms with Crippen molar-refractivity contribution in [1.82, 2.24) is 20.2 Å². The van der Waals surface area contributed by atoms with E-state index >= 15 is 0 Å². The first kappa shape index (κ1) is 19.9. The summed E-state index contributed by atoms with van der Waals surface area (Å²) >= 11 is 0. The number of amides is 1. The van der Waals surface area contributed by atoms with Gasteiger partial charge in [-0.15, -0.1) is 0 Å². The Morgan fingerprint density at radius 2 is 2.17 bits per heavy atom. The van der Waals surface area contributed by atoms with Gasteiger partial charge in [-0.2, -0.15) is 0 Å². The molecule has 29 heavy (non-hydrogen) atoms. The van der Waals surface area contributed by atoms with Crippen LogP contribution in [0, 0.1) is 5.92 Å². The quantitative estimate of drug-likeness (QED) is 0.834. The van der Waals surface area contributed by atoms with Crippen molar-refractivity contribution in [3.8, 4) is 5.88 Å². The lowest BCUT2D eigenvalue weighted by Crippen LogP contribution is -2.48. The van der Waals surface area contributed by atoms with Gasteiger partial charge < -0.3 is 19.7 Å². The molecule has 3 heterocycles. The summed E-state index contributed by atoms with van der Waals surface area (Å²) in [6, 6.07) is 5.84. The largest absolute Gasteiger partial charge is 0.481 e. The van der Waals surface area contributed by atoms with Crippen LogP contribution in [0.15, 0.2) is 24.4 Å². The number of carbonyl (C=O) groups excluding carboxylic acids is 1. The molecule has 2 aromatic heterocycles. The zero-order chi connectivity index (χ0) is 20.6. The maximum absolute atomic E-state index is 12.2. The molecule has 0 bridgehead atoms. The smallest absolute Gasteiger partial charge is 0.408 e. The van der Waals surface area contributed by atoms with Crippen LogP contribution in [0.2, 0.25) is 0 Å². The number of ether oxygens (including phenoxy) is 2. The van der Waals surface area contributed by atoms with Crippen LogP contribution in [0.25, 0.3) is 11.0 Å². The number of hydrogen-bond acceptors (Lipinski definition) is 6. The maximum Gasteiger partial charge on any atom is 0.408 e. The van der Waals surface area contributed by atoms with E-state index in [1.165, 1.54) is 5.56 Å². The summed E-state index contributed by atoms with van der Waals surface area (Å²) in [5.41, 5.74) is 2.47. The van der Waals surface area contributed by atoms with E-state index in [2.05, 4.69) is 20.2 Å². The fourth-order valence-electron chi connectivity index (χ4n) is 4.27. The molecule has 7 nitrogen and oxygen atoms in total. The number of nitrogens with zero attached hydrogens (tertiary/aromatic N) is 3. The number of pyridine rings is 2. The summed E-state index contributed by atoms with van der Waals surface area (Å²) in [6.07, 6.45) is 4.48. The minimum absolute atomic E-state index is 0.0584. The molecule has 1 amide bonds. The van der Waals surface area contributed by atoms with Crippen molar-refractivity contribution in [2.75, 3.05) is 26.7 Å². The number of carbonyl (C=O) groups is 1. The molecule has 0 spiro atoms. The van der Waals surface area contributed by atoms with Crippen molar-refractivity contribution in [1.29, 1.82) is 0 Å². The zero-order valence-corrected chi connectivity index (χ0v) is 17.7. The number of likely N-dealkylation sites (tertiary alicyclic amines) is 1. The first-order chi connectivity index (χ1) is 13.8. The minimum Gasteiger partial charge on any atom is -0.481 e. The summed E-state index contributed by atoms with van der Waals surface area (Å²) in [5.74, 6) is 1.12. The Morgan fingerprint density at radius 3 is 2.90 bits per heavy atom. The van der Waals surface area contributed by atoms with Crippen LogP contribution >= 0.6 is 0 Å². The summed E-state index contributed by atoms with van der Waals surface area (Å²) in [5, 5.41) is 3.14. The van der Waals surface area contributed by atoms with Gasteiger partial charge in [-0.25, -0.2) is 9.78 Å². The Bertz CT molecular complexity index is 911. The number of nitrogens with one attached hydrogen (secondary N) is 1. The van der Waals surface area contributed by atoms with Crippen LogP contribution in [-0.2, 0) is 11.2 Å². The second-order valence-electron chi connectivity index (χ2n) is 9.18. The molecule has 2 atom stereocenters. The average molecular weight is 399 g/mol. The highest BCUT2D eigenvalue weighted by molar-refractivity contribution is 5.78. The van der Waals surface area contributed by atoms with Gasteiger partial charge in [0.2, 0.25) is 5.88 Å². The number of alkyl carbamates (subject to hydrolysis) is 1. The van der Waals surface area contributed by atoms with Gasteiger partial charge >= 0.3 is 6.09 Å². The standard InChI is InChI=1S/C22H30N4O3/c1-21(2,3)29-20(27)25-22-9-12-26(14-16(22)13-22)11-8-15-7-10-23-17-5-6-18(28-4)24-19(15)17/h5-7,10,16H,8-9,11-14H2,1-4H3,(H,25,27). The first-order valence-corrected chi connectivity index (χ1v) is 10.3. The Morgan fingerprint density at radius 1 is 1.34 bits per heavy atom. The normalized spacial score (nSPS) is 24.1. The molecule has 1 aliphatic heterocycles. The number of fused-ring (bicyclic) bond motifs is 2.